The summed E-state index contributed by atoms with van der Waals surface area (Å²) >= 11 is 1.66. The van der Waals surface area contributed by atoms with Gasteiger partial charge in [0.05, 0.1) is 11.6 Å². The molecule has 0 saturated heterocycles. The van der Waals surface area contributed by atoms with Gasteiger partial charge in [0, 0.05) is 23.2 Å². The van der Waals surface area contributed by atoms with Crippen molar-refractivity contribution in [3.05, 3.63) is 45.9 Å². The zero-order valence-corrected chi connectivity index (χ0v) is 14.3. The molecule has 0 saturated carbocycles. The van der Waals surface area contributed by atoms with E-state index in [4.69, 9.17) is 5.73 Å². The van der Waals surface area contributed by atoms with Crippen LogP contribution in [0.25, 0.3) is 0 Å². The third-order valence-corrected chi connectivity index (χ3v) is 4.67. The van der Waals surface area contributed by atoms with E-state index in [1.165, 1.54) is 11.1 Å². The molecule has 1 aromatic carbocycles. The molecule has 1 atom stereocenters. The van der Waals surface area contributed by atoms with Gasteiger partial charge >= 0.3 is 0 Å². The van der Waals surface area contributed by atoms with Crippen molar-refractivity contribution < 1.29 is 0 Å². The molecule has 22 heavy (non-hydrogen) atoms. The van der Waals surface area contributed by atoms with Crippen LogP contribution in [-0.2, 0) is 12.8 Å². The molecule has 2 rings (SSSR count). The largest absolute Gasteiger partial charge is 0.370 e. The molecule has 2 aromatic rings. The van der Waals surface area contributed by atoms with Crippen LogP contribution in [0, 0.1) is 0 Å². The van der Waals surface area contributed by atoms with Crippen molar-refractivity contribution >= 4 is 23.0 Å². The first-order chi connectivity index (χ1) is 10.7. The zero-order valence-electron chi connectivity index (χ0n) is 13.5. The maximum Gasteiger partial charge on any atom is 0.193 e. The van der Waals surface area contributed by atoms with Crippen molar-refractivity contribution in [2.24, 2.45) is 10.7 Å². The third kappa shape index (κ3) is 4.07. The highest BCUT2D eigenvalue weighted by molar-refractivity contribution is 7.09. The minimum absolute atomic E-state index is 0.285. The van der Waals surface area contributed by atoms with Gasteiger partial charge in [-0.3, -0.25) is 4.99 Å². The predicted molar refractivity (Wildman–Crippen MR) is 95.8 cm³/mol. The molecule has 0 fully saturated rings. The van der Waals surface area contributed by atoms with Crippen molar-refractivity contribution in [3.8, 4) is 0 Å². The number of nitrogens with one attached hydrogen (secondary N) is 1. The number of aliphatic imine (C=N–C) groups is 1. The first-order valence-corrected chi connectivity index (χ1v) is 8.60. The Balaban J connectivity index is 2.08. The summed E-state index contributed by atoms with van der Waals surface area (Å²) in [5.74, 6) is 0.756. The molecule has 3 N–H and O–H groups in total. The summed E-state index contributed by atoms with van der Waals surface area (Å²) in [6.45, 7) is 7.06. The van der Waals surface area contributed by atoms with Crippen molar-refractivity contribution in [1.29, 1.82) is 0 Å². The van der Waals surface area contributed by atoms with Crippen LogP contribution in [0.15, 0.2) is 34.8 Å². The van der Waals surface area contributed by atoms with Crippen LogP contribution >= 0.6 is 11.3 Å². The lowest BCUT2D eigenvalue weighted by molar-refractivity contribution is 0.766. The van der Waals surface area contributed by atoms with Crippen LogP contribution in [0.4, 0.5) is 5.69 Å². The van der Waals surface area contributed by atoms with E-state index < -0.39 is 0 Å². The van der Waals surface area contributed by atoms with Crippen LogP contribution in [0.2, 0.25) is 0 Å². The molecule has 0 spiro atoms. The first-order valence-electron chi connectivity index (χ1n) is 7.72. The van der Waals surface area contributed by atoms with E-state index in [1.807, 2.05) is 11.6 Å². The Hall–Kier alpha value is -1.88. The van der Waals surface area contributed by atoms with Gasteiger partial charge in [-0.1, -0.05) is 39.0 Å². The molecular formula is C17H24N4S. The van der Waals surface area contributed by atoms with E-state index in [2.05, 4.69) is 54.3 Å². The Morgan fingerprint density at radius 2 is 2.00 bits per heavy atom. The maximum absolute atomic E-state index is 6.08. The lowest BCUT2D eigenvalue weighted by atomic mass is 10.0. The Kier molecular flexibility index (Phi) is 5.95. The number of nitrogens with zero attached hydrogens (tertiary/aromatic N) is 2. The Morgan fingerprint density at radius 1 is 1.32 bits per heavy atom. The molecule has 4 nitrogen and oxygen atoms in total. The molecule has 118 valence electrons. The second-order valence-electron chi connectivity index (χ2n) is 5.28. The number of aromatic nitrogens is 1. The highest BCUT2D eigenvalue weighted by Gasteiger charge is 2.09. The standard InChI is InChI=1S/C17H24N4S/c1-4-13-7-6-8-14(5-2)15(13)21-17(18)20-11-12(3)16-19-9-10-22-16/h6-10,12H,4-5,11H2,1-3H3,(H3,18,20,21). The lowest BCUT2D eigenvalue weighted by Crippen LogP contribution is -2.25. The number of nitrogens with two attached hydrogens (primary N) is 1. The summed E-state index contributed by atoms with van der Waals surface area (Å²) in [5.41, 5.74) is 9.72. The van der Waals surface area contributed by atoms with E-state index >= 15 is 0 Å². The van der Waals surface area contributed by atoms with Gasteiger partial charge in [-0.05, 0) is 24.0 Å². The van der Waals surface area contributed by atoms with Gasteiger partial charge in [0.15, 0.2) is 5.96 Å². The minimum Gasteiger partial charge on any atom is -0.370 e. The number of anilines is 1. The van der Waals surface area contributed by atoms with Crippen LogP contribution in [0.1, 0.15) is 42.8 Å². The summed E-state index contributed by atoms with van der Waals surface area (Å²) in [6.07, 6.45) is 3.77. The fraction of sp³-hybridized carbons (Fsp3) is 0.412. The Bertz CT molecular complexity index is 597. The molecule has 1 heterocycles. The summed E-state index contributed by atoms with van der Waals surface area (Å²) in [4.78, 5) is 8.80. The number of rotatable bonds is 6. The molecule has 0 radical (unpaired) electrons. The van der Waals surface area contributed by atoms with Crippen LogP contribution in [0.5, 0.6) is 0 Å². The summed E-state index contributed by atoms with van der Waals surface area (Å²) in [6, 6.07) is 6.36. The monoisotopic (exact) mass is 316 g/mol. The van der Waals surface area contributed by atoms with Gasteiger partial charge in [0.2, 0.25) is 0 Å². The molecule has 5 heteroatoms. The molecule has 0 amide bonds. The highest BCUT2D eigenvalue weighted by atomic mass is 32.1. The minimum atomic E-state index is 0.285. The molecule has 0 bridgehead atoms. The van der Waals surface area contributed by atoms with Crippen molar-refractivity contribution in [2.75, 3.05) is 11.9 Å². The average molecular weight is 316 g/mol. The quantitative estimate of drug-likeness (QED) is 0.629. The van der Waals surface area contributed by atoms with E-state index in [-0.39, 0.29) is 5.92 Å². The summed E-state index contributed by atoms with van der Waals surface area (Å²) in [5, 5.41) is 6.38. The van der Waals surface area contributed by atoms with Crippen LogP contribution in [-0.4, -0.2) is 17.5 Å². The molecule has 0 aliphatic carbocycles. The van der Waals surface area contributed by atoms with E-state index in [9.17, 15) is 0 Å². The predicted octanol–water partition coefficient (Wildman–Crippen LogP) is 3.80. The van der Waals surface area contributed by atoms with Gasteiger partial charge in [0.1, 0.15) is 0 Å². The number of hydrogen-bond acceptors (Lipinski definition) is 3. The first kappa shape index (κ1) is 16.5. The molecule has 1 unspecified atom stereocenters. The normalized spacial score (nSPS) is 13.1. The summed E-state index contributed by atoms with van der Waals surface area (Å²) < 4.78 is 0. The number of aryl methyl sites for hydroxylation is 2. The Labute approximate surface area is 136 Å². The SMILES string of the molecule is CCc1cccc(CC)c1NC(N)=NCC(C)c1nccs1. The van der Waals surface area contributed by atoms with Crippen LogP contribution in [0.3, 0.4) is 0 Å². The van der Waals surface area contributed by atoms with Crippen molar-refractivity contribution in [3.63, 3.8) is 0 Å². The second-order valence-corrected chi connectivity index (χ2v) is 6.21. The van der Waals surface area contributed by atoms with Gasteiger partial charge in [-0.25, -0.2) is 4.98 Å². The summed E-state index contributed by atoms with van der Waals surface area (Å²) in [7, 11) is 0. The molecule has 1 aromatic heterocycles. The molecular weight excluding hydrogens is 292 g/mol. The van der Waals surface area contributed by atoms with Gasteiger partial charge in [0.25, 0.3) is 0 Å². The lowest BCUT2D eigenvalue weighted by Gasteiger charge is -2.15. The van der Waals surface area contributed by atoms with Gasteiger partial charge in [-0.15, -0.1) is 11.3 Å². The van der Waals surface area contributed by atoms with Gasteiger partial charge < -0.3 is 11.1 Å². The number of thiazole rings is 1. The maximum atomic E-state index is 6.08. The fourth-order valence-electron chi connectivity index (χ4n) is 2.36. The number of para-hydroxylation sites is 1. The van der Waals surface area contributed by atoms with Crippen LogP contribution < -0.4 is 11.1 Å². The number of hydrogen-bond donors (Lipinski definition) is 2. The van der Waals surface area contributed by atoms with E-state index in [0.29, 0.717) is 12.5 Å². The smallest absolute Gasteiger partial charge is 0.193 e. The Morgan fingerprint density at radius 3 is 2.55 bits per heavy atom. The second kappa shape index (κ2) is 7.94. The van der Waals surface area contributed by atoms with Crippen molar-refractivity contribution in [2.45, 2.75) is 39.5 Å². The third-order valence-electron chi connectivity index (χ3n) is 3.66. The van der Waals surface area contributed by atoms with Gasteiger partial charge in [-0.2, -0.15) is 0 Å². The molecule has 0 aliphatic heterocycles. The molecule has 0 aliphatic rings. The number of guanidine groups is 1. The highest BCUT2D eigenvalue weighted by Crippen LogP contribution is 2.22. The van der Waals surface area contributed by atoms with E-state index in [0.717, 1.165) is 23.5 Å². The number of benzene rings is 1. The van der Waals surface area contributed by atoms with E-state index in [1.54, 1.807) is 11.3 Å². The van der Waals surface area contributed by atoms with Crippen molar-refractivity contribution in [1.82, 2.24) is 4.98 Å². The topological polar surface area (TPSA) is 63.3 Å². The fourth-order valence-corrected chi connectivity index (χ4v) is 3.05. The average Bonchev–Trinajstić information content (AvgIpc) is 3.07. The zero-order chi connectivity index (χ0) is 15.9.